The Labute approximate surface area is 128 Å². The van der Waals surface area contributed by atoms with Crippen LogP contribution in [0.15, 0.2) is 42.5 Å². The largest absolute Gasteiger partial charge is 0.495 e. The number of nitrogens with one attached hydrogen (secondary N) is 2. The molecule has 0 bridgehead atoms. The number of hydrogen-bond acceptors (Lipinski definition) is 4. The summed E-state index contributed by atoms with van der Waals surface area (Å²) in [6, 6.07) is 11.7. The number of nitrogen functional groups attached to an aromatic ring is 1. The van der Waals surface area contributed by atoms with Gasteiger partial charge in [-0.3, -0.25) is 9.59 Å². The van der Waals surface area contributed by atoms with Crippen molar-refractivity contribution in [3.05, 3.63) is 48.0 Å². The quantitative estimate of drug-likeness (QED) is 0.756. The topological polar surface area (TPSA) is 93.5 Å². The Hall–Kier alpha value is -3.02. The Balaban J connectivity index is 2.15. The maximum atomic E-state index is 12.2. The summed E-state index contributed by atoms with van der Waals surface area (Å²) in [6.45, 7) is 1.41. The molecule has 114 valence electrons. The van der Waals surface area contributed by atoms with E-state index in [0.717, 1.165) is 0 Å². The van der Waals surface area contributed by atoms with E-state index in [-0.39, 0.29) is 11.8 Å². The zero-order chi connectivity index (χ0) is 16.1. The number of amides is 2. The van der Waals surface area contributed by atoms with Crippen LogP contribution in [-0.4, -0.2) is 18.9 Å². The lowest BCUT2D eigenvalue weighted by molar-refractivity contribution is -0.114. The van der Waals surface area contributed by atoms with Gasteiger partial charge in [-0.1, -0.05) is 6.07 Å². The van der Waals surface area contributed by atoms with E-state index >= 15 is 0 Å². The molecule has 6 heteroatoms. The Morgan fingerprint density at radius 3 is 2.41 bits per heavy atom. The molecule has 0 heterocycles. The lowest BCUT2D eigenvalue weighted by Gasteiger charge is -2.10. The molecule has 0 fully saturated rings. The summed E-state index contributed by atoms with van der Waals surface area (Å²) >= 11 is 0. The summed E-state index contributed by atoms with van der Waals surface area (Å²) in [5, 5.41) is 5.38. The average molecular weight is 299 g/mol. The number of anilines is 3. The Morgan fingerprint density at radius 1 is 1.05 bits per heavy atom. The molecule has 4 N–H and O–H groups in total. The highest BCUT2D eigenvalue weighted by atomic mass is 16.5. The van der Waals surface area contributed by atoms with E-state index in [1.165, 1.54) is 14.0 Å². The monoisotopic (exact) mass is 299 g/mol. The summed E-state index contributed by atoms with van der Waals surface area (Å²) in [5.41, 5.74) is 7.80. The van der Waals surface area contributed by atoms with Gasteiger partial charge >= 0.3 is 0 Å². The first-order chi connectivity index (χ1) is 10.5. The second kappa shape index (κ2) is 6.62. The van der Waals surface area contributed by atoms with Crippen molar-refractivity contribution in [1.82, 2.24) is 0 Å². The van der Waals surface area contributed by atoms with Crippen LogP contribution >= 0.6 is 0 Å². The molecule has 2 amide bonds. The van der Waals surface area contributed by atoms with Crippen molar-refractivity contribution in [1.29, 1.82) is 0 Å². The molecule has 0 atom stereocenters. The third-order valence-electron chi connectivity index (χ3n) is 2.93. The number of methoxy groups -OCH3 is 1. The highest BCUT2D eigenvalue weighted by Crippen LogP contribution is 2.25. The summed E-state index contributed by atoms with van der Waals surface area (Å²) in [6.07, 6.45) is 0. The van der Waals surface area contributed by atoms with Gasteiger partial charge in [0, 0.05) is 23.9 Å². The van der Waals surface area contributed by atoms with E-state index in [9.17, 15) is 9.59 Å². The average Bonchev–Trinajstić information content (AvgIpc) is 2.47. The molecule has 0 aromatic heterocycles. The first kappa shape index (κ1) is 15.4. The minimum absolute atomic E-state index is 0.194. The molecule has 2 rings (SSSR count). The minimum atomic E-state index is -0.295. The van der Waals surface area contributed by atoms with Crippen molar-refractivity contribution in [2.75, 3.05) is 23.5 Å². The van der Waals surface area contributed by atoms with E-state index in [1.54, 1.807) is 42.5 Å². The van der Waals surface area contributed by atoms with E-state index in [0.29, 0.717) is 28.4 Å². The van der Waals surface area contributed by atoms with E-state index in [2.05, 4.69) is 10.6 Å². The standard InChI is InChI=1S/C16H17N3O3/c1-10(20)18-12-5-3-4-11(8-12)16(21)19-13-6-7-15(22-2)14(17)9-13/h3-9H,17H2,1-2H3,(H,18,20)(H,19,21). The SMILES string of the molecule is COc1ccc(NC(=O)c2cccc(NC(C)=O)c2)cc1N. The molecular formula is C16H17N3O3. The normalized spacial score (nSPS) is 9.91. The lowest BCUT2D eigenvalue weighted by atomic mass is 10.1. The zero-order valence-electron chi connectivity index (χ0n) is 12.3. The van der Waals surface area contributed by atoms with Crippen molar-refractivity contribution in [3.8, 4) is 5.75 Å². The molecule has 0 aliphatic carbocycles. The molecule has 0 radical (unpaired) electrons. The van der Waals surface area contributed by atoms with Gasteiger partial charge in [0.2, 0.25) is 5.91 Å². The van der Waals surface area contributed by atoms with Crippen LogP contribution < -0.4 is 21.1 Å². The first-order valence-corrected chi connectivity index (χ1v) is 6.62. The van der Waals surface area contributed by atoms with Crippen LogP contribution in [0.2, 0.25) is 0 Å². The van der Waals surface area contributed by atoms with Crippen molar-refractivity contribution < 1.29 is 14.3 Å². The van der Waals surface area contributed by atoms with Gasteiger partial charge in [0.05, 0.1) is 12.8 Å². The summed E-state index contributed by atoms with van der Waals surface area (Å²) in [5.74, 6) is 0.0582. The van der Waals surface area contributed by atoms with Crippen molar-refractivity contribution >= 4 is 28.9 Å². The fourth-order valence-corrected chi connectivity index (χ4v) is 1.96. The predicted octanol–water partition coefficient (Wildman–Crippen LogP) is 2.49. The fourth-order valence-electron chi connectivity index (χ4n) is 1.96. The highest BCUT2D eigenvalue weighted by molar-refractivity contribution is 6.05. The molecule has 0 saturated heterocycles. The maximum absolute atomic E-state index is 12.2. The number of nitrogens with two attached hydrogens (primary N) is 1. The summed E-state index contributed by atoms with van der Waals surface area (Å²) < 4.78 is 5.06. The second-order valence-corrected chi connectivity index (χ2v) is 4.67. The number of hydrogen-bond donors (Lipinski definition) is 3. The zero-order valence-corrected chi connectivity index (χ0v) is 12.3. The van der Waals surface area contributed by atoms with Gasteiger partial charge in [-0.05, 0) is 36.4 Å². The molecule has 6 nitrogen and oxygen atoms in total. The van der Waals surface area contributed by atoms with Gasteiger partial charge in [-0.2, -0.15) is 0 Å². The Bertz CT molecular complexity index is 714. The lowest BCUT2D eigenvalue weighted by Crippen LogP contribution is -2.13. The molecule has 22 heavy (non-hydrogen) atoms. The highest BCUT2D eigenvalue weighted by Gasteiger charge is 2.09. The second-order valence-electron chi connectivity index (χ2n) is 4.67. The third-order valence-corrected chi connectivity index (χ3v) is 2.93. The van der Waals surface area contributed by atoms with E-state index in [1.807, 2.05) is 0 Å². The molecule has 0 unspecified atom stereocenters. The number of rotatable bonds is 4. The van der Waals surface area contributed by atoms with Gasteiger partial charge in [0.1, 0.15) is 5.75 Å². The molecule has 2 aromatic rings. The molecule has 2 aromatic carbocycles. The first-order valence-electron chi connectivity index (χ1n) is 6.62. The Morgan fingerprint density at radius 2 is 1.77 bits per heavy atom. The predicted molar refractivity (Wildman–Crippen MR) is 86.1 cm³/mol. The van der Waals surface area contributed by atoms with Gasteiger partial charge in [-0.25, -0.2) is 0 Å². The van der Waals surface area contributed by atoms with Crippen molar-refractivity contribution in [3.63, 3.8) is 0 Å². The van der Waals surface area contributed by atoms with Crippen LogP contribution in [0.3, 0.4) is 0 Å². The van der Waals surface area contributed by atoms with E-state index < -0.39 is 0 Å². The number of ether oxygens (including phenoxy) is 1. The van der Waals surface area contributed by atoms with Crippen LogP contribution in [0, 0.1) is 0 Å². The van der Waals surface area contributed by atoms with Crippen molar-refractivity contribution in [2.45, 2.75) is 6.92 Å². The van der Waals surface area contributed by atoms with Gasteiger partial charge in [0.25, 0.3) is 5.91 Å². The van der Waals surface area contributed by atoms with E-state index in [4.69, 9.17) is 10.5 Å². The molecule has 0 saturated carbocycles. The molecule has 0 aliphatic heterocycles. The molecule has 0 spiro atoms. The number of carbonyl (C=O) groups excluding carboxylic acids is 2. The minimum Gasteiger partial charge on any atom is -0.495 e. The van der Waals surface area contributed by atoms with Crippen LogP contribution in [0.25, 0.3) is 0 Å². The van der Waals surface area contributed by atoms with Crippen LogP contribution in [0.5, 0.6) is 5.75 Å². The van der Waals surface area contributed by atoms with Gasteiger partial charge in [0.15, 0.2) is 0 Å². The third kappa shape index (κ3) is 3.76. The van der Waals surface area contributed by atoms with Gasteiger partial charge < -0.3 is 21.1 Å². The van der Waals surface area contributed by atoms with Crippen molar-refractivity contribution in [2.24, 2.45) is 0 Å². The van der Waals surface area contributed by atoms with Crippen LogP contribution in [0.4, 0.5) is 17.1 Å². The smallest absolute Gasteiger partial charge is 0.255 e. The number of benzene rings is 2. The summed E-state index contributed by atoms with van der Waals surface area (Å²) in [7, 11) is 1.53. The summed E-state index contributed by atoms with van der Waals surface area (Å²) in [4.78, 5) is 23.3. The van der Waals surface area contributed by atoms with Crippen LogP contribution in [-0.2, 0) is 4.79 Å². The Kier molecular flexibility index (Phi) is 4.63. The fraction of sp³-hybridized carbons (Fsp3) is 0.125. The maximum Gasteiger partial charge on any atom is 0.255 e. The number of carbonyl (C=O) groups is 2. The molecular weight excluding hydrogens is 282 g/mol. The van der Waals surface area contributed by atoms with Crippen LogP contribution in [0.1, 0.15) is 17.3 Å². The molecule has 0 aliphatic rings. The van der Waals surface area contributed by atoms with Gasteiger partial charge in [-0.15, -0.1) is 0 Å².